The van der Waals surface area contributed by atoms with Gasteiger partial charge in [-0.1, -0.05) is 194 Å². The molecule has 840 valence electrons. The summed E-state index contributed by atoms with van der Waals surface area (Å²) < 4.78 is 599. The number of carbonyl (C=O) groups excluding carboxylic acids is 4. The smallest absolute Gasteiger partial charge is 0.176 e. The van der Waals surface area contributed by atoms with Crippen molar-refractivity contribution in [3.05, 3.63) is 345 Å². The Kier molecular flexibility index (Phi) is 13.5. The second-order valence-corrected chi connectivity index (χ2v) is 42.9. The minimum Gasteiger partial charge on any atom is -0.511 e. The van der Waals surface area contributed by atoms with Crippen LogP contribution in [0.4, 0.5) is 17.6 Å². The Hall–Kier alpha value is -15.3. The highest BCUT2D eigenvalue weighted by molar-refractivity contribution is 6.13. The molecule has 10 aliphatic carbocycles. The molecule has 1 unspecified atom stereocenters. The summed E-state index contributed by atoms with van der Waals surface area (Å²) in [5, 5.41) is 60.6. The van der Waals surface area contributed by atoms with Crippen LogP contribution >= 0.6 is 0 Å². The Morgan fingerprint density at radius 1 is 0.432 bits per heavy atom. The molecule has 10 aliphatic rings. The van der Waals surface area contributed by atoms with Gasteiger partial charge >= 0.3 is 0 Å². The van der Waals surface area contributed by atoms with Gasteiger partial charge in [-0.25, -0.2) is 31.6 Å². The summed E-state index contributed by atoms with van der Waals surface area (Å²) in [6.45, 7) is 21.2. The second kappa shape index (κ2) is 37.1. The molecular formula is C120H214F4N14O8. The average molecular weight is 2270 g/mol. The predicted octanol–water partition coefficient (Wildman–Crippen LogP) is 38.0. The Morgan fingerprint density at radius 2 is 0.829 bits per heavy atom. The van der Waals surface area contributed by atoms with E-state index < -0.39 is 28.0 Å². The van der Waals surface area contributed by atoms with E-state index in [-0.39, 0.29) is 104 Å². The molecule has 0 amide bonds. The first-order chi connectivity index (χ1) is 122. The van der Waals surface area contributed by atoms with Crippen LogP contribution in [0.5, 0.6) is 0 Å². The summed E-state index contributed by atoms with van der Waals surface area (Å²) in [6, 6.07) is 59.8. The number of aliphatic hydroxyl groups excluding tert-OH is 1. The van der Waals surface area contributed by atoms with Crippen molar-refractivity contribution in [3.63, 3.8) is 0 Å². The van der Waals surface area contributed by atoms with Crippen LogP contribution in [0.1, 0.15) is 377 Å². The first kappa shape index (κ1) is 53.0. The van der Waals surface area contributed by atoms with Crippen molar-refractivity contribution in [2.75, 3.05) is 0 Å². The number of nitriles is 2. The van der Waals surface area contributed by atoms with Gasteiger partial charge in [0, 0.05) is 308 Å². The fraction of sp³-hybridized carbons (Fsp3) is 0.342. The van der Waals surface area contributed by atoms with Gasteiger partial charge in [0.2, 0.25) is 0 Å². The lowest BCUT2D eigenvalue weighted by atomic mass is 9.53. The molecule has 0 radical (unpaired) electrons. The molecule has 9 heterocycles. The lowest BCUT2D eigenvalue weighted by Gasteiger charge is -2.47. The Bertz CT molecular complexity index is 8370. The third kappa shape index (κ3) is 15.8. The van der Waals surface area contributed by atoms with Gasteiger partial charge in [-0.15, -0.1) is 0 Å². The minimum absolute atomic E-state index is 0.0308. The van der Waals surface area contributed by atoms with Crippen LogP contribution in [0.15, 0.2) is 262 Å². The number of fused-ring (bicyclic) bond motifs is 17. The van der Waals surface area contributed by atoms with Crippen molar-refractivity contribution in [3.8, 4) is 63.0 Å². The molecular weight excluding hydrogens is 1840 g/mol. The topological polar surface area (TPSA) is 306 Å². The van der Waals surface area contributed by atoms with Gasteiger partial charge in [-0.3, -0.25) is 34.1 Å². The SMILES string of the molecule is C[C@H]1C(=O)C(C#N)=C[C@@]2(C)c3c(c(-c4cccc(F)c4)nn3-c3ccnc4ccccc34)CC[C@H]12.C[C@H]1C(O)=C(C#N)C[C@@]2(C)c3c(c(-c4cccc(F)c4)nn3-c3ccnc4ccccc34)CC[C@H]12.C[C@H]1c2oncc2C[C@@]2(C)C(=O)C(C(=O)c3cccc(F)c3)CC[C@H]12.C[C@H]1c2oncc2C[C@@]2(C)C(=O)CCC[C@H]12.C[C@H]1c2oncc2C[C@@]2(C)c3c(c(-c4cccc(F)c4)nn3-c3ccnc4ccccc34)CC[C@H]12.[3H][3H].[3H][3H].[3H][3H].[3H][3H].[3H][3H].[3H][3H].[3H][3H].[3H][3H].[3H][3H].[3H][3H].[3H][3H].[3H][3H].[3H][3H].[3H][3H].[3H][3H].[3H][3H].[3H][3H].[3H][3H].[3H][3H].[3H][3H].[3H][3H].[3H][3H].[3H][3H].[3H][3H].[3H][3H].[3H][3H].[3H][3H].[3H][3H].[3H][3H].[3H][3H].[3H][3H].[3H][3H].[3H][3H].[3H][3H].[3H][3H].[3H][3H].[3H][3H].[3H][3H].[3H][3H].[3H][3H].[3H][3H].[3H][3H].[3H][3H].[3H][3H].[3H][3H].[3H][3H].[3H][3H].[3H][3H].[3H][3H].[3H][3H].[3H][3H].[3H][3H]. The molecule has 0 bridgehead atoms. The van der Waals surface area contributed by atoms with E-state index in [1.807, 2.05) is 152 Å². The number of aliphatic hydroxyl groups is 1. The third-order valence-corrected chi connectivity index (χ3v) is 34.8. The van der Waals surface area contributed by atoms with E-state index >= 15 is 0 Å². The van der Waals surface area contributed by atoms with E-state index in [0.29, 0.717) is 53.9 Å². The highest BCUT2D eigenvalue weighted by Gasteiger charge is 2.59. The molecule has 0 saturated heterocycles. The van der Waals surface area contributed by atoms with Gasteiger partial charge in [-0.2, -0.15) is 25.8 Å². The first-order valence-corrected chi connectivity index (χ1v) is 50.8. The van der Waals surface area contributed by atoms with Crippen LogP contribution in [0.2, 0.25) is 0 Å². The lowest BCUT2D eigenvalue weighted by molar-refractivity contribution is -0.139. The van der Waals surface area contributed by atoms with Crippen LogP contribution in [0, 0.1) is 104 Å². The van der Waals surface area contributed by atoms with E-state index in [1.54, 1.807) is 55.1 Å². The van der Waals surface area contributed by atoms with Gasteiger partial charge in [-0.05, 0) is 204 Å². The van der Waals surface area contributed by atoms with Crippen LogP contribution < -0.4 is 0 Å². The molecule has 7 aromatic carbocycles. The number of hydrogen-bond acceptors (Lipinski definition) is 19. The zero-order valence-electron chi connectivity index (χ0n) is 187. The first-order valence-electron chi connectivity index (χ1n) is 103. The quantitative estimate of drug-likeness (QED) is 0.0839. The number of rotatable bonds is 8. The maximum absolute atomic E-state index is 14.3. The van der Waals surface area contributed by atoms with Crippen LogP contribution in [-0.4, -0.2) is 88.0 Å². The maximum atomic E-state index is 14.3. The van der Waals surface area contributed by atoms with Gasteiger partial charge in [0.1, 0.15) is 63.9 Å². The molecule has 9 aromatic heterocycles. The third-order valence-electron chi connectivity index (χ3n) is 34.8. The largest absolute Gasteiger partial charge is 0.511 e. The number of ketones is 4. The van der Waals surface area contributed by atoms with E-state index in [0.717, 1.165) is 206 Å². The van der Waals surface area contributed by atoms with Crippen molar-refractivity contribution in [1.29, 1.82) is 10.5 Å². The monoisotopic (exact) mass is 2260 g/mol. The zero-order valence-corrected chi connectivity index (χ0v) is 83.0. The number of halogens is 4. The average Bonchev–Trinajstić information content (AvgIpc) is 1.55. The Morgan fingerprint density at radius 3 is 1.28 bits per heavy atom. The van der Waals surface area contributed by atoms with Gasteiger partial charge < -0.3 is 18.7 Å². The Balaban J connectivity index is -0.0000000735. The molecule has 16 aromatic rings. The summed E-state index contributed by atoms with van der Waals surface area (Å²) in [7, 11) is 0. The van der Waals surface area contributed by atoms with E-state index in [9.17, 15) is 52.4 Å². The molecule has 22 nitrogen and oxygen atoms in total. The lowest BCUT2D eigenvalue weighted by Crippen LogP contribution is -2.51. The molecule has 26 heteroatoms. The molecule has 16 atom stereocenters. The second-order valence-electron chi connectivity index (χ2n) is 42.9. The maximum Gasteiger partial charge on any atom is 0.176 e. The highest BCUT2D eigenvalue weighted by Crippen LogP contribution is 2.61. The molecule has 1 N–H and O–H groups in total. The number of aromatic nitrogens is 12. The van der Waals surface area contributed by atoms with Crippen molar-refractivity contribution in [2.45, 2.75) is 200 Å². The van der Waals surface area contributed by atoms with E-state index in [2.05, 4.69) is 102 Å². The number of hydrogen-bond donors (Lipinski definition) is 1. The molecule has 2 fully saturated rings. The van der Waals surface area contributed by atoms with Crippen molar-refractivity contribution in [2.24, 2.45) is 58.2 Å². The normalized spacial score (nSPS) is 29.2. The summed E-state index contributed by atoms with van der Waals surface area (Å²) in [5.41, 5.74) is 18.8. The summed E-state index contributed by atoms with van der Waals surface area (Å²) >= 11 is 0. The van der Waals surface area contributed by atoms with Gasteiger partial charge in [0.05, 0.1) is 109 Å². The number of carbonyl (C=O) groups is 4. The molecule has 26 rings (SSSR count). The summed E-state index contributed by atoms with van der Waals surface area (Å²) in [4.78, 5) is 64.8. The molecule has 0 spiro atoms. The number of Topliss-reactive ketones (excluding diaryl/α,β-unsaturated/α-hetero) is 4. The number of nitrogens with zero attached hydrogens (tertiary/aromatic N) is 14. The van der Waals surface area contributed by atoms with Gasteiger partial charge in [0.25, 0.3) is 0 Å². The highest BCUT2D eigenvalue weighted by atomic mass is 19.1. The molecule has 0 aliphatic heterocycles. The summed E-state index contributed by atoms with van der Waals surface area (Å²) in [5.74, 6) is 2.55. The minimum atomic E-state index is -0.698. The van der Waals surface area contributed by atoms with Crippen LogP contribution in [0.3, 0.4) is 0 Å². The van der Waals surface area contributed by atoms with Crippen molar-refractivity contribution < 1.29 is 210 Å². The fourth-order valence-electron chi connectivity index (χ4n) is 27.8. The van der Waals surface area contributed by atoms with Gasteiger partial charge in [0.15, 0.2) is 11.6 Å². The van der Waals surface area contributed by atoms with E-state index in [4.69, 9.17) is 183 Å². The molecule has 2 saturated carbocycles. The number of para-hydroxylation sites is 3. The summed E-state index contributed by atoms with van der Waals surface area (Å²) in [6.07, 6.45) is 24.5. The number of pyridine rings is 3. The number of allylic oxidation sites excluding steroid dienone is 4. The fourth-order valence-corrected chi connectivity index (χ4v) is 27.8. The van der Waals surface area contributed by atoms with E-state index in [1.165, 1.54) is 65.4 Å². The number of benzene rings is 7. The Labute approximate surface area is 1000 Å². The molecule has 146 heavy (non-hydrogen) atoms. The standard InChI is InChI=1S/2C29H25FN4O.C29H23FN4O.C20H20FNO3.C13H17NO2.52H2/c1-17-23-11-10-22-26(18-6-5-7-20(30)14-18)33-34(25-12-13-31-24-9-4-3-8-21(24)25)28(22)29(23,2)15-19-16-32-35-27(17)19;2*1-17-23-11-10-22-26(18-6-5-7-20(30)14-18)33-34(25-12-13-32-24-9-4-3-8-21(24)25)28(22)29(23,2)15-19(16-31)27(17)35;1-11-16-7-6-15(17(23)12-4-3-5-14(21)8-12)19(24)20(16,2)9-13-10-22-25-18(11)13;1-8-10-4-3-5-11(15)13(10,2)6-9-7-14-16-12(8)9;;;;;;;;;;;;;;;;;;;;;;;;;;;;;;;;;;;;;;;;;;;;;;;;;;;;/h3-9,12-14,16-17,23H,10-11,15H2,1-2H3;3-9,12-14,17,23,35H,10-11,15H2,1-2H3;3-9,12-15,17,23H,10-11H2,1-2H3;3-5,8,10-11,15-16H,6-7,9H2,1-2H3;7-8,10H,3-6H2,1-2H3;52*1H/t3*17-,23-,29-;11-,15?,16-,20-;8-,10-,13-;;;;;;;;;;;;;;;;;;;;;;;;;;;;;;;;;;;;;;;;;;;;;;;;;;;;/m11111..................................................../s1/i;;;;;52*1+2T. The van der Waals surface area contributed by atoms with Crippen molar-refractivity contribution in [1.82, 2.24) is 59.8 Å². The van der Waals surface area contributed by atoms with Crippen LogP contribution in [-0.2, 0) is 69.2 Å². The zero-order chi connectivity index (χ0) is 205. The van der Waals surface area contributed by atoms with Crippen LogP contribution in [0.25, 0.3) is 83.5 Å². The van der Waals surface area contributed by atoms with Crippen molar-refractivity contribution >= 4 is 55.8 Å². The predicted molar refractivity (Wildman–Crippen MR) is 653 cm³/mol.